The van der Waals surface area contributed by atoms with E-state index in [4.69, 9.17) is 5.11 Å². The Morgan fingerprint density at radius 2 is 1.90 bits per heavy atom. The highest BCUT2D eigenvalue weighted by Gasteiger charge is 2.05. The fourth-order valence-electron chi connectivity index (χ4n) is 2.01. The number of thioether (sulfide) groups is 1. The van der Waals surface area contributed by atoms with Crippen LogP contribution in [0.2, 0.25) is 0 Å². The van der Waals surface area contributed by atoms with Crippen molar-refractivity contribution >= 4 is 17.7 Å². The van der Waals surface area contributed by atoms with Crippen molar-refractivity contribution in [3.63, 3.8) is 0 Å². The van der Waals surface area contributed by atoms with Crippen LogP contribution in [-0.2, 0) is 10.5 Å². The van der Waals surface area contributed by atoms with Gasteiger partial charge in [-0.15, -0.1) is 11.8 Å². The maximum Gasteiger partial charge on any atom is 0.328 e. The number of carboxylic acids is 1. The van der Waals surface area contributed by atoms with Gasteiger partial charge in [-0.2, -0.15) is 0 Å². The Morgan fingerprint density at radius 1 is 1.15 bits per heavy atom. The van der Waals surface area contributed by atoms with E-state index in [1.54, 1.807) is 5.41 Å². The molecule has 0 aliphatic rings. The quantitative estimate of drug-likeness (QED) is 0.822. The summed E-state index contributed by atoms with van der Waals surface area (Å²) in [6, 6.07) is 16.5. The number of hydrogen-bond donors (Lipinski definition) is 1. The minimum atomic E-state index is -0.910. The van der Waals surface area contributed by atoms with Gasteiger partial charge < -0.3 is 5.11 Å². The van der Waals surface area contributed by atoms with Gasteiger partial charge in [0.15, 0.2) is 0 Å². The second-order valence-electron chi connectivity index (χ2n) is 4.41. The molecular formula is C17H16O2S. The SMILES string of the molecule is Cc1c(CS/C=C\C(=O)O)cccc1-c1ccccc1. The first kappa shape index (κ1) is 14.4. The third-order valence-corrected chi connectivity index (χ3v) is 3.88. The van der Waals surface area contributed by atoms with Crippen LogP contribution < -0.4 is 0 Å². The van der Waals surface area contributed by atoms with Crippen LogP contribution in [0.3, 0.4) is 0 Å². The molecule has 0 bridgehead atoms. The highest BCUT2D eigenvalue weighted by atomic mass is 32.2. The van der Waals surface area contributed by atoms with Crippen molar-refractivity contribution in [2.24, 2.45) is 0 Å². The highest BCUT2D eigenvalue weighted by molar-refractivity contribution is 8.01. The largest absolute Gasteiger partial charge is 0.478 e. The average molecular weight is 284 g/mol. The molecule has 20 heavy (non-hydrogen) atoms. The van der Waals surface area contributed by atoms with Crippen molar-refractivity contribution < 1.29 is 9.90 Å². The summed E-state index contributed by atoms with van der Waals surface area (Å²) in [5.74, 6) is -0.136. The molecule has 0 atom stereocenters. The summed E-state index contributed by atoms with van der Waals surface area (Å²) in [4.78, 5) is 10.4. The lowest BCUT2D eigenvalue weighted by Crippen LogP contribution is -1.90. The zero-order chi connectivity index (χ0) is 14.4. The van der Waals surface area contributed by atoms with Gasteiger partial charge in [0.25, 0.3) is 0 Å². The second-order valence-corrected chi connectivity index (χ2v) is 5.30. The maximum absolute atomic E-state index is 10.4. The summed E-state index contributed by atoms with van der Waals surface area (Å²) in [5.41, 5.74) is 4.91. The van der Waals surface area contributed by atoms with Crippen LogP contribution in [0, 0.1) is 6.92 Å². The van der Waals surface area contributed by atoms with Gasteiger partial charge in [0, 0.05) is 11.8 Å². The van der Waals surface area contributed by atoms with Gasteiger partial charge >= 0.3 is 5.97 Å². The molecule has 0 aliphatic carbocycles. The van der Waals surface area contributed by atoms with Gasteiger partial charge in [0.05, 0.1) is 0 Å². The molecule has 0 amide bonds. The molecule has 2 aromatic rings. The fraction of sp³-hybridized carbons (Fsp3) is 0.118. The van der Waals surface area contributed by atoms with Crippen molar-refractivity contribution in [1.82, 2.24) is 0 Å². The van der Waals surface area contributed by atoms with Crippen LogP contribution in [-0.4, -0.2) is 11.1 Å². The zero-order valence-corrected chi connectivity index (χ0v) is 12.1. The Kier molecular flexibility index (Phi) is 5.02. The van der Waals surface area contributed by atoms with Gasteiger partial charge in [0.1, 0.15) is 0 Å². The van der Waals surface area contributed by atoms with Gasteiger partial charge in [-0.25, -0.2) is 4.79 Å². The monoisotopic (exact) mass is 284 g/mol. The maximum atomic E-state index is 10.4. The van der Waals surface area contributed by atoms with Crippen LogP contribution in [0.5, 0.6) is 0 Å². The van der Waals surface area contributed by atoms with E-state index < -0.39 is 5.97 Å². The molecule has 2 aromatic carbocycles. The standard InChI is InChI=1S/C17H16O2S/c1-13-15(12-20-11-10-17(18)19)8-5-9-16(13)14-6-3-2-4-7-14/h2-11H,12H2,1H3,(H,18,19)/b11-10-. The Labute approximate surface area is 123 Å². The Bertz CT molecular complexity index is 618. The van der Waals surface area contributed by atoms with Crippen LogP contribution in [0.4, 0.5) is 0 Å². The van der Waals surface area contributed by atoms with E-state index in [1.165, 1.54) is 40.1 Å². The molecule has 0 unspecified atom stereocenters. The second kappa shape index (κ2) is 6.96. The molecule has 0 aliphatic heterocycles. The summed E-state index contributed by atoms with van der Waals surface area (Å²) in [6.07, 6.45) is 1.17. The number of hydrogen-bond acceptors (Lipinski definition) is 2. The first-order chi connectivity index (χ1) is 9.68. The molecular weight excluding hydrogens is 268 g/mol. The number of benzene rings is 2. The lowest BCUT2D eigenvalue weighted by Gasteiger charge is -2.10. The third kappa shape index (κ3) is 3.75. The van der Waals surface area contributed by atoms with Crippen LogP contribution in [0.25, 0.3) is 11.1 Å². The Hall–Kier alpha value is -2.00. The van der Waals surface area contributed by atoms with Crippen molar-refractivity contribution in [3.05, 3.63) is 71.1 Å². The molecule has 2 rings (SSSR count). The van der Waals surface area contributed by atoms with Crippen molar-refractivity contribution in [1.29, 1.82) is 0 Å². The van der Waals surface area contributed by atoms with Crippen LogP contribution in [0.1, 0.15) is 11.1 Å². The first-order valence-electron chi connectivity index (χ1n) is 6.33. The Morgan fingerprint density at radius 3 is 2.60 bits per heavy atom. The molecule has 2 nitrogen and oxygen atoms in total. The highest BCUT2D eigenvalue weighted by Crippen LogP contribution is 2.27. The predicted octanol–water partition coefficient (Wildman–Crippen LogP) is 4.49. The minimum absolute atomic E-state index is 0.774. The molecule has 1 N–H and O–H groups in total. The molecule has 0 radical (unpaired) electrons. The first-order valence-corrected chi connectivity index (χ1v) is 7.38. The molecule has 0 spiro atoms. The van der Waals surface area contributed by atoms with E-state index in [2.05, 4.69) is 31.2 Å². The molecule has 0 saturated heterocycles. The Balaban J connectivity index is 2.18. The number of carboxylic acid groups (broad SMARTS) is 1. The molecule has 0 saturated carbocycles. The smallest absolute Gasteiger partial charge is 0.328 e. The molecule has 3 heteroatoms. The summed E-state index contributed by atoms with van der Waals surface area (Å²) < 4.78 is 0. The molecule has 0 heterocycles. The van der Waals surface area contributed by atoms with E-state index in [1.807, 2.05) is 24.3 Å². The van der Waals surface area contributed by atoms with Crippen LogP contribution >= 0.6 is 11.8 Å². The summed E-state index contributed by atoms with van der Waals surface area (Å²) in [6.45, 7) is 2.11. The normalized spacial score (nSPS) is 10.8. The number of rotatable bonds is 5. The van der Waals surface area contributed by atoms with Crippen molar-refractivity contribution in [2.45, 2.75) is 12.7 Å². The molecule has 102 valence electrons. The van der Waals surface area contributed by atoms with E-state index in [0.29, 0.717) is 0 Å². The van der Waals surface area contributed by atoms with E-state index in [0.717, 1.165) is 5.75 Å². The topological polar surface area (TPSA) is 37.3 Å². The minimum Gasteiger partial charge on any atom is -0.478 e. The molecule has 0 aromatic heterocycles. The van der Waals surface area contributed by atoms with E-state index >= 15 is 0 Å². The fourth-order valence-corrected chi connectivity index (χ4v) is 2.82. The van der Waals surface area contributed by atoms with Gasteiger partial charge in [0.2, 0.25) is 0 Å². The zero-order valence-electron chi connectivity index (χ0n) is 11.2. The van der Waals surface area contributed by atoms with E-state index in [-0.39, 0.29) is 0 Å². The van der Waals surface area contributed by atoms with Crippen molar-refractivity contribution in [2.75, 3.05) is 0 Å². The lowest BCUT2D eigenvalue weighted by atomic mass is 9.97. The van der Waals surface area contributed by atoms with Gasteiger partial charge in [-0.1, -0.05) is 48.5 Å². The summed E-state index contributed by atoms with van der Waals surface area (Å²) in [5, 5.41) is 10.2. The predicted molar refractivity (Wildman–Crippen MR) is 84.7 cm³/mol. The van der Waals surface area contributed by atoms with Crippen LogP contribution in [0.15, 0.2) is 60.0 Å². The molecule has 0 fully saturated rings. The van der Waals surface area contributed by atoms with E-state index in [9.17, 15) is 4.79 Å². The van der Waals surface area contributed by atoms with Gasteiger partial charge in [-0.05, 0) is 34.6 Å². The third-order valence-electron chi connectivity index (χ3n) is 3.08. The number of carbonyl (C=O) groups is 1. The summed E-state index contributed by atoms with van der Waals surface area (Å²) in [7, 11) is 0. The lowest BCUT2D eigenvalue weighted by molar-refractivity contribution is -0.131. The average Bonchev–Trinajstić information content (AvgIpc) is 2.46. The van der Waals surface area contributed by atoms with Crippen molar-refractivity contribution in [3.8, 4) is 11.1 Å². The summed E-state index contributed by atoms with van der Waals surface area (Å²) >= 11 is 1.49. The number of aliphatic carboxylic acids is 1. The van der Waals surface area contributed by atoms with Gasteiger partial charge in [-0.3, -0.25) is 0 Å².